The van der Waals surface area contributed by atoms with Gasteiger partial charge < -0.3 is 9.84 Å². The number of hydrogen-bond donors (Lipinski definition) is 1. The summed E-state index contributed by atoms with van der Waals surface area (Å²) in [5, 5.41) is 8.16. The summed E-state index contributed by atoms with van der Waals surface area (Å²) < 4.78 is 4.61. The van der Waals surface area contributed by atoms with Crippen molar-refractivity contribution in [2.75, 3.05) is 7.11 Å². The van der Waals surface area contributed by atoms with Gasteiger partial charge in [-0.25, -0.2) is 0 Å². The number of carbonyl (C=O) groups is 1. The summed E-state index contributed by atoms with van der Waals surface area (Å²) in [5.74, 6) is -0.750. The number of carboxylic acid groups (broad SMARTS) is 1. The van der Waals surface area contributed by atoms with Crippen LogP contribution in [0, 0.1) is 6.61 Å². The second-order valence-electron chi connectivity index (χ2n) is 1.69. The lowest BCUT2D eigenvalue weighted by Gasteiger charge is -1.93. The van der Waals surface area contributed by atoms with Crippen LogP contribution in [0.25, 0.3) is 0 Å². The molecular formula is C6H11O3. The van der Waals surface area contributed by atoms with Crippen molar-refractivity contribution in [2.45, 2.75) is 19.3 Å². The number of rotatable bonds is 5. The van der Waals surface area contributed by atoms with E-state index in [0.29, 0.717) is 12.8 Å². The van der Waals surface area contributed by atoms with Crippen LogP contribution < -0.4 is 0 Å². The Morgan fingerprint density at radius 2 is 2.44 bits per heavy atom. The van der Waals surface area contributed by atoms with Crippen molar-refractivity contribution in [3.05, 3.63) is 6.61 Å². The first-order valence-corrected chi connectivity index (χ1v) is 2.83. The smallest absolute Gasteiger partial charge is 0.303 e. The summed E-state index contributed by atoms with van der Waals surface area (Å²) in [5.41, 5.74) is 0. The molecule has 0 atom stereocenters. The predicted molar refractivity (Wildman–Crippen MR) is 32.8 cm³/mol. The van der Waals surface area contributed by atoms with Gasteiger partial charge in [0.2, 0.25) is 0 Å². The van der Waals surface area contributed by atoms with E-state index in [9.17, 15) is 4.79 Å². The Balaban J connectivity index is 2.83. The molecule has 0 aliphatic rings. The van der Waals surface area contributed by atoms with E-state index >= 15 is 0 Å². The van der Waals surface area contributed by atoms with Crippen molar-refractivity contribution < 1.29 is 14.6 Å². The first-order chi connectivity index (χ1) is 4.27. The molecule has 0 aliphatic heterocycles. The van der Waals surface area contributed by atoms with Gasteiger partial charge in [0.15, 0.2) is 0 Å². The van der Waals surface area contributed by atoms with Crippen LogP contribution in [0.3, 0.4) is 0 Å². The second kappa shape index (κ2) is 5.56. The summed E-state index contributed by atoms with van der Waals surface area (Å²) in [6.07, 6.45) is 1.59. The predicted octanol–water partition coefficient (Wildman–Crippen LogP) is 1.05. The average molecular weight is 131 g/mol. The Labute approximate surface area is 54.6 Å². The third-order valence-corrected chi connectivity index (χ3v) is 0.879. The summed E-state index contributed by atoms with van der Waals surface area (Å²) in [7, 11) is 1.56. The topological polar surface area (TPSA) is 46.5 Å². The Morgan fingerprint density at radius 1 is 1.78 bits per heavy atom. The van der Waals surface area contributed by atoms with Crippen LogP contribution in [-0.4, -0.2) is 18.2 Å². The maximum Gasteiger partial charge on any atom is 0.303 e. The van der Waals surface area contributed by atoms with Crippen LogP contribution >= 0.6 is 0 Å². The third-order valence-electron chi connectivity index (χ3n) is 0.879. The van der Waals surface area contributed by atoms with E-state index in [1.165, 1.54) is 0 Å². The second-order valence-corrected chi connectivity index (χ2v) is 1.69. The van der Waals surface area contributed by atoms with Crippen LogP contribution in [-0.2, 0) is 9.53 Å². The lowest BCUT2D eigenvalue weighted by Crippen LogP contribution is -1.93. The van der Waals surface area contributed by atoms with Crippen LogP contribution in [0.1, 0.15) is 19.3 Å². The van der Waals surface area contributed by atoms with Gasteiger partial charge in [-0.2, -0.15) is 0 Å². The van der Waals surface area contributed by atoms with Crippen LogP contribution in [0.4, 0.5) is 0 Å². The first kappa shape index (κ1) is 8.43. The number of aliphatic carboxylic acids is 1. The van der Waals surface area contributed by atoms with Gasteiger partial charge in [0, 0.05) is 13.5 Å². The van der Waals surface area contributed by atoms with Gasteiger partial charge >= 0.3 is 5.97 Å². The van der Waals surface area contributed by atoms with E-state index in [1.54, 1.807) is 13.7 Å². The number of methoxy groups -OCH3 is 1. The van der Waals surface area contributed by atoms with Crippen molar-refractivity contribution in [1.29, 1.82) is 0 Å². The minimum Gasteiger partial charge on any atom is -0.481 e. The SMILES string of the molecule is CO[CH]CCCC(=O)O. The average Bonchev–Trinajstić information content (AvgIpc) is 1.80. The van der Waals surface area contributed by atoms with Crippen molar-refractivity contribution in [3.63, 3.8) is 0 Å². The molecule has 0 aliphatic carbocycles. The minimum absolute atomic E-state index is 0.222. The fourth-order valence-corrected chi connectivity index (χ4v) is 0.454. The van der Waals surface area contributed by atoms with E-state index in [1.807, 2.05) is 0 Å². The molecule has 0 unspecified atom stereocenters. The molecule has 0 amide bonds. The highest BCUT2D eigenvalue weighted by atomic mass is 16.5. The van der Waals surface area contributed by atoms with E-state index in [4.69, 9.17) is 5.11 Å². The molecule has 0 fully saturated rings. The molecule has 0 rings (SSSR count). The Kier molecular flexibility index (Phi) is 5.21. The Bertz CT molecular complexity index is 80.4. The molecule has 0 saturated carbocycles. The van der Waals surface area contributed by atoms with Gasteiger partial charge in [0.05, 0.1) is 6.61 Å². The van der Waals surface area contributed by atoms with Gasteiger partial charge in [0.1, 0.15) is 0 Å². The van der Waals surface area contributed by atoms with Gasteiger partial charge in [-0.1, -0.05) is 0 Å². The van der Waals surface area contributed by atoms with E-state index < -0.39 is 5.97 Å². The quantitative estimate of drug-likeness (QED) is 0.567. The maximum atomic E-state index is 9.91. The first-order valence-electron chi connectivity index (χ1n) is 2.83. The van der Waals surface area contributed by atoms with Crippen LogP contribution in [0.15, 0.2) is 0 Å². The fraction of sp³-hybridized carbons (Fsp3) is 0.667. The highest BCUT2D eigenvalue weighted by Gasteiger charge is 1.94. The fourth-order valence-electron chi connectivity index (χ4n) is 0.454. The molecule has 53 valence electrons. The van der Waals surface area contributed by atoms with E-state index in [2.05, 4.69) is 4.74 Å². The molecule has 0 saturated heterocycles. The lowest BCUT2D eigenvalue weighted by molar-refractivity contribution is -0.137. The largest absolute Gasteiger partial charge is 0.481 e. The highest BCUT2D eigenvalue weighted by molar-refractivity contribution is 5.66. The number of unbranched alkanes of at least 4 members (excludes halogenated alkanes) is 1. The standard InChI is InChI=1S/C6H11O3/c1-9-5-3-2-4-6(7)8/h5H,2-4H2,1H3,(H,7,8). The molecule has 0 spiro atoms. The molecule has 0 heterocycles. The number of hydrogen-bond acceptors (Lipinski definition) is 2. The molecule has 0 aromatic heterocycles. The normalized spacial score (nSPS) is 9.44. The molecule has 1 radical (unpaired) electrons. The molecule has 1 N–H and O–H groups in total. The van der Waals surface area contributed by atoms with E-state index in [-0.39, 0.29) is 6.42 Å². The monoisotopic (exact) mass is 131 g/mol. The van der Waals surface area contributed by atoms with E-state index in [0.717, 1.165) is 0 Å². The number of carboxylic acids is 1. The van der Waals surface area contributed by atoms with Gasteiger partial charge in [-0.15, -0.1) is 0 Å². The summed E-state index contributed by atoms with van der Waals surface area (Å²) in [6, 6.07) is 0. The van der Waals surface area contributed by atoms with Gasteiger partial charge in [-0.3, -0.25) is 4.79 Å². The Morgan fingerprint density at radius 3 is 2.89 bits per heavy atom. The third kappa shape index (κ3) is 7.43. The highest BCUT2D eigenvalue weighted by Crippen LogP contribution is 1.97. The van der Waals surface area contributed by atoms with Gasteiger partial charge in [0.25, 0.3) is 0 Å². The molecule has 0 bridgehead atoms. The minimum atomic E-state index is -0.750. The van der Waals surface area contributed by atoms with Gasteiger partial charge in [-0.05, 0) is 12.8 Å². The van der Waals surface area contributed by atoms with Crippen molar-refractivity contribution in [1.82, 2.24) is 0 Å². The molecule has 0 aromatic rings. The zero-order chi connectivity index (χ0) is 7.11. The van der Waals surface area contributed by atoms with Crippen LogP contribution in [0.2, 0.25) is 0 Å². The zero-order valence-electron chi connectivity index (χ0n) is 5.46. The molecule has 0 aromatic carbocycles. The maximum absolute atomic E-state index is 9.91. The molecular weight excluding hydrogens is 120 g/mol. The molecule has 3 nitrogen and oxygen atoms in total. The van der Waals surface area contributed by atoms with Crippen molar-refractivity contribution in [3.8, 4) is 0 Å². The molecule has 9 heavy (non-hydrogen) atoms. The summed E-state index contributed by atoms with van der Waals surface area (Å²) in [4.78, 5) is 9.91. The lowest BCUT2D eigenvalue weighted by atomic mass is 10.2. The summed E-state index contributed by atoms with van der Waals surface area (Å²) >= 11 is 0. The summed E-state index contributed by atoms with van der Waals surface area (Å²) in [6.45, 7) is 1.60. The van der Waals surface area contributed by atoms with Crippen molar-refractivity contribution >= 4 is 5.97 Å². The van der Waals surface area contributed by atoms with Crippen LogP contribution in [0.5, 0.6) is 0 Å². The molecule has 3 heteroatoms. The van der Waals surface area contributed by atoms with Crippen molar-refractivity contribution in [2.24, 2.45) is 0 Å². The Hall–Kier alpha value is -0.570. The number of ether oxygens (including phenoxy) is 1. The zero-order valence-corrected chi connectivity index (χ0v) is 5.46.